The van der Waals surface area contributed by atoms with E-state index in [2.05, 4.69) is 67.7 Å². The average Bonchev–Trinajstić information content (AvgIpc) is 3.56. The third-order valence-corrected chi connectivity index (χ3v) is 6.57. The first-order chi connectivity index (χ1) is 15.5. The van der Waals surface area contributed by atoms with Crippen LogP contribution in [0.3, 0.4) is 0 Å². The van der Waals surface area contributed by atoms with E-state index in [4.69, 9.17) is 9.47 Å². The summed E-state index contributed by atoms with van der Waals surface area (Å²) in [5.41, 5.74) is 5.74. The van der Waals surface area contributed by atoms with Gasteiger partial charge in [0, 0.05) is 12.0 Å². The molecule has 1 fully saturated rings. The predicted octanol–water partition coefficient (Wildman–Crippen LogP) is 4.99. The molecule has 4 rings (SSSR count). The highest BCUT2D eigenvalue weighted by Crippen LogP contribution is 2.59. The van der Waals surface area contributed by atoms with E-state index in [-0.39, 0.29) is 17.2 Å². The molecule has 1 atom stereocenters. The van der Waals surface area contributed by atoms with Crippen molar-refractivity contribution in [2.45, 2.75) is 32.1 Å². The molecule has 0 spiro atoms. The van der Waals surface area contributed by atoms with Gasteiger partial charge in [-0.25, -0.2) is 0 Å². The monoisotopic (exact) mass is 429 g/mol. The molecule has 4 heteroatoms. The summed E-state index contributed by atoms with van der Waals surface area (Å²) in [6.07, 6.45) is 1.57. The second kappa shape index (κ2) is 9.07. The van der Waals surface area contributed by atoms with Gasteiger partial charge in [-0.15, -0.1) is 0 Å². The van der Waals surface area contributed by atoms with E-state index in [0.717, 1.165) is 18.4 Å². The zero-order valence-electron chi connectivity index (χ0n) is 19.3. The number of benzene rings is 3. The molecule has 3 aromatic rings. The van der Waals surface area contributed by atoms with Gasteiger partial charge < -0.3 is 14.8 Å². The number of hydrogen-bond donors (Lipinski definition) is 1. The molecule has 166 valence electrons. The van der Waals surface area contributed by atoms with Gasteiger partial charge in [0.15, 0.2) is 11.5 Å². The van der Waals surface area contributed by atoms with Gasteiger partial charge in [0.1, 0.15) is 0 Å². The quantitative estimate of drug-likeness (QED) is 0.549. The first-order valence-electron chi connectivity index (χ1n) is 11.1. The second-order valence-electron chi connectivity index (χ2n) is 8.69. The molecule has 0 saturated heterocycles. The molecule has 1 aliphatic carbocycles. The number of amides is 1. The minimum Gasteiger partial charge on any atom is -0.493 e. The summed E-state index contributed by atoms with van der Waals surface area (Å²) in [6.45, 7) is 4.77. The molecule has 0 aromatic heterocycles. The Morgan fingerprint density at radius 2 is 1.44 bits per heavy atom. The van der Waals surface area contributed by atoms with Crippen molar-refractivity contribution in [1.82, 2.24) is 5.32 Å². The fourth-order valence-corrected chi connectivity index (χ4v) is 4.58. The lowest BCUT2D eigenvalue weighted by atomic mass is 9.85. The SMILES string of the molecule is COc1ccc(CCNC(=O)C2CC2(c2ccc(C)cc2)c2ccc(C)cc2)cc1OC. The van der Waals surface area contributed by atoms with Crippen molar-refractivity contribution in [2.75, 3.05) is 20.8 Å². The van der Waals surface area contributed by atoms with E-state index in [1.54, 1.807) is 14.2 Å². The zero-order chi connectivity index (χ0) is 22.7. The maximum absolute atomic E-state index is 13.2. The number of hydrogen-bond acceptors (Lipinski definition) is 3. The van der Waals surface area contributed by atoms with Crippen molar-refractivity contribution in [2.24, 2.45) is 5.92 Å². The zero-order valence-corrected chi connectivity index (χ0v) is 19.3. The van der Waals surface area contributed by atoms with Crippen LogP contribution >= 0.6 is 0 Å². The van der Waals surface area contributed by atoms with E-state index >= 15 is 0 Å². The van der Waals surface area contributed by atoms with Crippen LogP contribution in [-0.4, -0.2) is 26.7 Å². The van der Waals surface area contributed by atoms with Gasteiger partial charge >= 0.3 is 0 Å². The Morgan fingerprint density at radius 3 is 1.97 bits per heavy atom. The number of ether oxygens (including phenoxy) is 2. The number of methoxy groups -OCH3 is 2. The summed E-state index contributed by atoms with van der Waals surface area (Å²) in [6, 6.07) is 23.1. The third kappa shape index (κ3) is 4.22. The second-order valence-corrected chi connectivity index (χ2v) is 8.69. The average molecular weight is 430 g/mol. The fourth-order valence-electron chi connectivity index (χ4n) is 4.58. The topological polar surface area (TPSA) is 47.6 Å². The maximum atomic E-state index is 13.2. The van der Waals surface area contributed by atoms with Gasteiger partial charge in [-0.2, -0.15) is 0 Å². The van der Waals surface area contributed by atoms with Crippen LogP contribution in [-0.2, 0) is 16.6 Å². The molecule has 0 aliphatic heterocycles. The van der Waals surface area contributed by atoms with Gasteiger partial charge in [0.25, 0.3) is 0 Å². The van der Waals surface area contributed by atoms with Crippen LogP contribution in [0.15, 0.2) is 66.7 Å². The molecular formula is C28H31NO3. The van der Waals surface area contributed by atoms with Crippen LogP contribution in [0.5, 0.6) is 11.5 Å². The molecule has 1 saturated carbocycles. The van der Waals surface area contributed by atoms with Crippen molar-refractivity contribution >= 4 is 5.91 Å². The molecule has 1 aliphatic rings. The smallest absolute Gasteiger partial charge is 0.224 e. The predicted molar refractivity (Wildman–Crippen MR) is 128 cm³/mol. The molecule has 1 amide bonds. The molecule has 1 unspecified atom stereocenters. The van der Waals surface area contributed by atoms with Crippen LogP contribution in [0.1, 0.15) is 34.2 Å². The van der Waals surface area contributed by atoms with Gasteiger partial charge in [-0.3, -0.25) is 4.79 Å². The summed E-state index contributed by atoms with van der Waals surface area (Å²) < 4.78 is 10.7. The molecule has 1 N–H and O–H groups in total. The molecule has 32 heavy (non-hydrogen) atoms. The summed E-state index contributed by atoms with van der Waals surface area (Å²) in [4.78, 5) is 13.2. The van der Waals surface area contributed by atoms with Crippen LogP contribution in [0.4, 0.5) is 0 Å². The highest BCUT2D eigenvalue weighted by atomic mass is 16.5. The fraction of sp³-hybridized carbons (Fsp3) is 0.321. The number of aryl methyl sites for hydroxylation is 2. The highest BCUT2D eigenvalue weighted by molar-refractivity contribution is 5.86. The molecule has 0 bridgehead atoms. The van der Waals surface area contributed by atoms with Crippen molar-refractivity contribution in [3.05, 3.63) is 94.5 Å². The Bertz CT molecular complexity index is 1040. The largest absolute Gasteiger partial charge is 0.493 e. The number of carbonyl (C=O) groups is 1. The standard InChI is InChI=1S/C28H31NO3/c1-19-5-10-22(11-6-19)28(23-12-7-20(2)8-13-23)18-24(28)27(30)29-16-15-21-9-14-25(31-3)26(17-21)32-4/h5-14,17,24H,15-16,18H2,1-4H3,(H,29,30). The van der Waals surface area contributed by atoms with Crippen molar-refractivity contribution in [1.29, 1.82) is 0 Å². The molecule has 4 nitrogen and oxygen atoms in total. The normalized spacial score (nSPS) is 16.3. The summed E-state index contributed by atoms with van der Waals surface area (Å²) in [7, 11) is 3.26. The van der Waals surface area contributed by atoms with Gasteiger partial charge in [0.05, 0.1) is 20.1 Å². The molecule has 0 radical (unpaired) electrons. The van der Waals surface area contributed by atoms with Gasteiger partial charge in [0.2, 0.25) is 5.91 Å². The number of nitrogens with one attached hydrogen (secondary N) is 1. The summed E-state index contributed by atoms with van der Waals surface area (Å²) in [5.74, 6) is 1.47. The summed E-state index contributed by atoms with van der Waals surface area (Å²) >= 11 is 0. The molecule has 0 heterocycles. The lowest BCUT2D eigenvalue weighted by Gasteiger charge is -2.19. The number of rotatable bonds is 8. The van der Waals surface area contributed by atoms with Crippen molar-refractivity contribution in [3.63, 3.8) is 0 Å². The third-order valence-electron chi connectivity index (χ3n) is 6.57. The van der Waals surface area contributed by atoms with Gasteiger partial charge in [-0.05, 0) is 55.5 Å². The van der Waals surface area contributed by atoms with Crippen LogP contribution in [0, 0.1) is 19.8 Å². The van der Waals surface area contributed by atoms with E-state index in [9.17, 15) is 4.79 Å². The van der Waals surface area contributed by atoms with Crippen molar-refractivity contribution in [3.8, 4) is 11.5 Å². The van der Waals surface area contributed by atoms with E-state index < -0.39 is 0 Å². The Hall–Kier alpha value is -3.27. The van der Waals surface area contributed by atoms with Crippen molar-refractivity contribution < 1.29 is 14.3 Å². The summed E-state index contributed by atoms with van der Waals surface area (Å²) in [5, 5.41) is 3.17. The maximum Gasteiger partial charge on any atom is 0.224 e. The van der Waals surface area contributed by atoms with Gasteiger partial charge in [-0.1, -0.05) is 65.7 Å². The first-order valence-corrected chi connectivity index (χ1v) is 11.1. The van der Waals surface area contributed by atoms with Crippen LogP contribution in [0.2, 0.25) is 0 Å². The van der Waals surface area contributed by atoms with E-state index in [1.807, 2.05) is 18.2 Å². The minimum absolute atomic E-state index is 0.0571. The Kier molecular flexibility index (Phi) is 6.22. The number of carbonyl (C=O) groups excluding carboxylic acids is 1. The van der Waals surface area contributed by atoms with Crippen LogP contribution in [0.25, 0.3) is 0 Å². The first kappa shape index (κ1) is 21.9. The minimum atomic E-state index is -0.241. The Balaban J connectivity index is 1.47. The molecular weight excluding hydrogens is 398 g/mol. The van der Waals surface area contributed by atoms with E-state index in [1.165, 1.54) is 22.3 Å². The lowest BCUT2D eigenvalue weighted by molar-refractivity contribution is -0.122. The van der Waals surface area contributed by atoms with Crippen LogP contribution < -0.4 is 14.8 Å². The van der Waals surface area contributed by atoms with E-state index in [0.29, 0.717) is 18.0 Å². The Morgan fingerprint density at radius 1 is 0.875 bits per heavy atom. The highest BCUT2D eigenvalue weighted by Gasteiger charge is 2.60. The lowest BCUT2D eigenvalue weighted by Crippen LogP contribution is -2.30. The molecule has 3 aromatic carbocycles. The Labute approximate surface area is 190 Å².